The number of nitrogens with one attached hydrogen (secondary N) is 1. The lowest BCUT2D eigenvalue weighted by atomic mass is 10.0. The van der Waals surface area contributed by atoms with Gasteiger partial charge in [0.15, 0.2) is 0 Å². The molecule has 3 atom stereocenters. The van der Waals surface area contributed by atoms with Crippen molar-refractivity contribution < 1.29 is 37.3 Å². The van der Waals surface area contributed by atoms with E-state index < -0.39 is 20.0 Å². The maximum atomic E-state index is 13.6. The molecule has 0 heterocycles. The van der Waals surface area contributed by atoms with Gasteiger partial charge in [-0.2, -0.15) is 0 Å². The molecule has 0 saturated carbocycles. The molecule has 0 aromatic rings. The molecule has 0 spiro atoms. The molecule has 2 N–H and O–H groups in total. The van der Waals surface area contributed by atoms with Gasteiger partial charge >= 0.3 is 13.8 Å². The second-order valence-electron chi connectivity index (χ2n) is 27.5. The first kappa shape index (κ1) is 86.7. The number of amides is 1. The Bertz CT molecular complexity index is 1700. The van der Waals surface area contributed by atoms with Gasteiger partial charge in [0.1, 0.15) is 19.3 Å². The van der Waals surface area contributed by atoms with E-state index in [-0.39, 0.29) is 25.1 Å². The fraction of sp³-hybridized carbons (Fsp3) is 0.848. The van der Waals surface area contributed by atoms with Crippen molar-refractivity contribution in [3.8, 4) is 0 Å². The first-order valence-electron chi connectivity index (χ1n) is 38.6. The minimum absolute atomic E-state index is 0.0416. The zero-order valence-electron chi connectivity index (χ0n) is 59.9. The number of phosphoric ester groups is 1. The molecule has 9 nitrogen and oxygen atoms in total. The van der Waals surface area contributed by atoms with E-state index in [1.54, 1.807) is 0 Å². The Kier molecular flexibility index (Phi) is 66.8. The smallest absolute Gasteiger partial charge is 0.456 e. The first-order valence-corrected chi connectivity index (χ1v) is 40.1. The van der Waals surface area contributed by atoms with Crippen molar-refractivity contribution in [3.63, 3.8) is 0 Å². The van der Waals surface area contributed by atoms with Gasteiger partial charge < -0.3 is 19.4 Å². The summed E-state index contributed by atoms with van der Waals surface area (Å²) < 4.78 is 30.9. The molecule has 0 aromatic heterocycles. The minimum Gasteiger partial charge on any atom is -0.456 e. The third-order valence-corrected chi connectivity index (χ3v) is 18.4. The van der Waals surface area contributed by atoms with E-state index in [4.69, 9.17) is 13.8 Å². The highest BCUT2D eigenvalue weighted by atomic mass is 31.2. The predicted octanol–water partition coefficient (Wildman–Crippen LogP) is 24.9. The van der Waals surface area contributed by atoms with Crippen LogP contribution in [-0.4, -0.2) is 74.3 Å². The summed E-state index contributed by atoms with van der Waals surface area (Å²) >= 11 is 0. The Hall–Kier alpha value is -2.29. The van der Waals surface area contributed by atoms with Gasteiger partial charge in [0.2, 0.25) is 5.91 Å². The van der Waals surface area contributed by atoms with Gasteiger partial charge in [-0.15, -0.1) is 0 Å². The number of likely N-dealkylation sites (N-methyl/N-ethyl adjacent to an activating group) is 1. The molecule has 0 rings (SSSR count). The fourth-order valence-corrected chi connectivity index (χ4v) is 12.2. The molecule has 522 valence electrons. The Morgan fingerprint density at radius 1 is 0.393 bits per heavy atom. The number of phosphoric acid groups is 1. The van der Waals surface area contributed by atoms with Crippen LogP contribution in [-0.2, 0) is 27.9 Å². The van der Waals surface area contributed by atoms with Crippen molar-refractivity contribution in [2.45, 2.75) is 392 Å². The summed E-state index contributed by atoms with van der Waals surface area (Å²) in [5.74, 6) is -0.488. The molecule has 1 amide bonds. The summed E-state index contributed by atoms with van der Waals surface area (Å²) in [6.07, 6.45) is 89.7. The van der Waals surface area contributed by atoms with Crippen molar-refractivity contribution >= 4 is 19.7 Å². The van der Waals surface area contributed by atoms with Crippen molar-refractivity contribution in [1.82, 2.24) is 5.32 Å². The molecule has 0 saturated heterocycles. The van der Waals surface area contributed by atoms with E-state index in [1.807, 2.05) is 33.3 Å². The Morgan fingerprint density at radius 3 is 1.03 bits per heavy atom. The van der Waals surface area contributed by atoms with Crippen LogP contribution in [0.5, 0.6) is 0 Å². The molecular formula is C79H150N2O7P+. The van der Waals surface area contributed by atoms with Gasteiger partial charge in [-0.25, -0.2) is 4.57 Å². The predicted molar refractivity (Wildman–Crippen MR) is 388 cm³/mol. The lowest BCUT2D eigenvalue weighted by Crippen LogP contribution is -2.47. The minimum atomic E-state index is -4.45. The lowest BCUT2D eigenvalue weighted by molar-refractivity contribution is -0.870. The van der Waals surface area contributed by atoms with Gasteiger partial charge in [-0.05, 0) is 96.0 Å². The molecular weight excluding hydrogens is 1120 g/mol. The molecule has 0 aliphatic carbocycles. The maximum Gasteiger partial charge on any atom is 0.472 e. The molecule has 3 unspecified atom stereocenters. The first-order chi connectivity index (χ1) is 43.4. The van der Waals surface area contributed by atoms with Gasteiger partial charge in [0.05, 0.1) is 33.8 Å². The van der Waals surface area contributed by atoms with Crippen LogP contribution >= 0.6 is 7.82 Å². The summed E-state index contributed by atoms with van der Waals surface area (Å²) in [6, 6.07) is -0.848. The number of carbonyl (C=O) groups excluding carboxylic acids is 2. The number of hydrogen-bond donors (Lipinski definition) is 2. The number of rotatable bonds is 71. The number of esters is 1. The third kappa shape index (κ3) is 69.9. The van der Waals surface area contributed by atoms with Crippen LogP contribution in [0.1, 0.15) is 380 Å². The van der Waals surface area contributed by atoms with E-state index in [9.17, 15) is 19.0 Å². The van der Waals surface area contributed by atoms with Crippen LogP contribution in [0.15, 0.2) is 60.8 Å². The van der Waals surface area contributed by atoms with Gasteiger partial charge in [-0.1, -0.05) is 332 Å². The monoisotopic (exact) mass is 1270 g/mol. The van der Waals surface area contributed by atoms with E-state index in [0.717, 1.165) is 70.6 Å². The Balaban J connectivity index is 4.88. The van der Waals surface area contributed by atoms with Crippen molar-refractivity contribution in [2.75, 3.05) is 40.9 Å². The zero-order chi connectivity index (χ0) is 64.9. The standard InChI is InChI=1S/C79H149N2O7P/c1-7-10-13-16-19-22-25-27-29-31-33-35-37-39-40-42-44-46-48-50-52-54-57-60-63-66-69-72-79(83)88-77(70-67-64-61-58-55-24-21-18-15-12-9-3)76(75-87-89(84,85)86-74-73-81(4,5)6)80-78(82)71-68-65-62-59-56-53-51-49-47-45-43-41-38-36-34-32-30-28-26-23-20-17-14-11-8-2/h19-20,22-23,27-30,67,70,76-77H,7-18,21,24-26,31-66,68-69,71-75H2,1-6H3,(H-,80,82,84,85)/p+1/b22-19-,23-20-,29-27-,30-28-,70-67+. The van der Waals surface area contributed by atoms with Crippen molar-refractivity contribution in [3.05, 3.63) is 60.8 Å². The van der Waals surface area contributed by atoms with Crippen LogP contribution < -0.4 is 5.32 Å². The maximum absolute atomic E-state index is 13.6. The SMILES string of the molecule is CCCCC/C=C\C/C=C\CCCCCCCCCCCCCCCCCCCC(=O)OC(/C=C/CCCCCCCCCCC)C(COP(=O)(O)OCC[N+](C)(C)C)NC(=O)CCCCCCCCCCCCCCCCC/C=C\C/C=C\CCCCC. The van der Waals surface area contributed by atoms with Gasteiger partial charge in [0.25, 0.3) is 0 Å². The topological polar surface area (TPSA) is 111 Å². The normalized spacial score (nSPS) is 13.7. The number of quaternary nitrogens is 1. The van der Waals surface area contributed by atoms with Crippen molar-refractivity contribution in [2.24, 2.45) is 0 Å². The second-order valence-corrected chi connectivity index (χ2v) is 29.0. The van der Waals surface area contributed by atoms with Gasteiger partial charge in [-0.3, -0.25) is 18.6 Å². The molecule has 0 aliphatic heterocycles. The average molecular weight is 1270 g/mol. The highest BCUT2D eigenvalue weighted by Gasteiger charge is 2.30. The van der Waals surface area contributed by atoms with Crippen molar-refractivity contribution in [1.29, 1.82) is 0 Å². The zero-order valence-corrected chi connectivity index (χ0v) is 60.8. The summed E-state index contributed by atoms with van der Waals surface area (Å²) in [7, 11) is 1.51. The van der Waals surface area contributed by atoms with Crippen LogP contribution in [0.2, 0.25) is 0 Å². The highest BCUT2D eigenvalue weighted by Crippen LogP contribution is 2.43. The number of carbonyl (C=O) groups is 2. The largest absolute Gasteiger partial charge is 0.472 e. The number of unbranched alkanes of at least 4 members (excludes halogenated alkanes) is 47. The Morgan fingerprint density at radius 2 is 0.685 bits per heavy atom. The average Bonchev–Trinajstić information content (AvgIpc) is 3.71. The van der Waals surface area contributed by atoms with E-state index >= 15 is 0 Å². The molecule has 0 fully saturated rings. The van der Waals surface area contributed by atoms with E-state index in [2.05, 4.69) is 74.7 Å². The van der Waals surface area contributed by atoms with Gasteiger partial charge in [0, 0.05) is 12.8 Å². The molecule has 0 aromatic carbocycles. The summed E-state index contributed by atoms with van der Waals surface area (Å²) in [5, 5.41) is 3.08. The Labute approximate surface area is 553 Å². The molecule has 0 radical (unpaired) electrons. The quantitative estimate of drug-likeness (QED) is 0.0205. The highest BCUT2D eigenvalue weighted by molar-refractivity contribution is 7.47. The second kappa shape index (κ2) is 68.6. The molecule has 0 bridgehead atoms. The summed E-state index contributed by atoms with van der Waals surface area (Å²) in [6.45, 7) is 7.02. The number of allylic oxidation sites excluding steroid dienone is 9. The molecule has 89 heavy (non-hydrogen) atoms. The summed E-state index contributed by atoms with van der Waals surface area (Å²) in [4.78, 5) is 38.0. The number of nitrogens with zero attached hydrogens (tertiary/aromatic N) is 1. The van der Waals surface area contributed by atoms with E-state index in [1.165, 1.54) is 276 Å². The summed E-state index contributed by atoms with van der Waals surface area (Å²) in [5.41, 5.74) is 0. The number of hydrogen-bond acceptors (Lipinski definition) is 6. The molecule has 10 heteroatoms. The number of ether oxygens (including phenoxy) is 1. The van der Waals surface area contributed by atoms with Crippen LogP contribution in [0.4, 0.5) is 0 Å². The van der Waals surface area contributed by atoms with Crippen LogP contribution in [0, 0.1) is 0 Å². The third-order valence-electron chi connectivity index (χ3n) is 17.4. The molecule has 0 aliphatic rings. The van der Waals surface area contributed by atoms with E-state index in [0.29, 0.717) is 23.9 Å². The van der Waals surface area contributed by atoms with Crippen LogP contribution in [0.25, 0.3) is 0 Å². The lowest BCUT2D eigenvalue weighted by Gasteiger charge is -2.27. The fourth-order valence-electron chi connectivity index (χ4n) is 11.5. The van der Waals surface area contributed by atoms with Crippen LogP contribution in [0.3, 0.4) is 0 Å².